The molecule has 0 saturated carbocycles. The summed E-state index contributed by atoms with van der Waals surface area (Å²) in [6.45, 7) is 1.04. The van der Waals surface area contributed by atoms with Gasteiger partial charge in [-0.3, -0.25) is 0 Å². The van der Waals surface area contributed by atoms with Crippen LogP contribution in [0.1, 0.15) is 13.3 Å². The molecule has 0 bridgehead atoms. The smallest absolute Gasteiger partial charge is 0.0821 e. The molecular formula is C6H14O4. The van der Waals surface area contributed by atoms with Gasteiger partial charge in [0.05, 0.1) is 24.9 Å². The third-order valence-electron chi connectivity index (χ3n) is 1.28. The van der Waals surface area contributed by atoms with Crippen LogP contribution in [0.4, 0.5) is 0 Å². The summed E-state index contributed by atoms with van der Waals surface area (Å²) in [5, 5.41) is 34.7. The van der Waals surface area contributed by atoms with Crippen molar-refractivity contribution in [2.45, 2.75) is 31.7 Å². The molecule has 0 saturated heterocycles. The van der Waals surface area contributed by atoms with Crippen LogP contribution in [-0.2, 0) is 0 Å². The normalized spacial score (nSPS) is 20.1. The average molecular weight is 150 g/mol. The quantitative estimate of drug-likeness (QED) is 0.392. The van der Waals surface area contributed by atoms with Gasteiger partial charge < -0.3 is 20.4 Å². The van der Waals surface area contributed by atoms with Crippen molar-refractivity contribution in [1.82, 2.24) is 0 Å². The summed E-state index contributed by atoms with van der Waals surface area (Å²) in [5.74, 6) is 0. The lowest BCUT2D eigenvalue weighted by Gasteiger charge is -2.15. The largest absolute Gasteiger partial charge is 0.394 e. The molecule has 3 atom stereocenters. The molecule has 4 heteroatoms. The molecular weight excluding hydrogens is 136 g/mol. The third kappa shape index (κ3) is 3.79. The van der Waals surface area contributed by atoms with Gasteiger partial charge in [-0.15, -0.1) is 0 Å². The Morgan fingerprint density at radius 1 is 1.20 bits per heavy atom. The summed E-state index contributed by atoms with van der Waals surface area (Å²) in [7, 11) is 0. The van der Waals surface area contributed by atoms with Crippen LogP contribution in [-0.4, -0.2) is 45.3 Å². The second kappa shape index (κ2) is 4.62. The second-order valence-corrected chi connectivity index (χ2v) is 2.38. The predicted octanol–water partition coefficient (Wildman–Crippen LogP) is -1.53. The molecule has 0 aliphatic carbocycles. The topological polar surface area (TPSA) is 80.9 Å². The molecule has 0 rings (SSSR count). The van der Waals surface area contributed by atoms with Gasteiger partial charge in [0.1, 0.15) is 0 Å². The fraction of sp³-hybridized carbons (Fsp3) is 1.00. The molecule has 10 heavy (non-hydrogen) atoms. The van der Waals surface area contributed by atoms with Gasteiger partial charge in [-0.05, 0) is 6.92 Å². The van der Waals surface area contributed by atoms with Crippen molar-refractivity contribution >= 4 is 0 Å². The summed E-state index contributed by atoms with van der Waals surface area (Å²) in [6, 6.07) is 0. The maximum atomic E-state index is 8.91. The Morgan fingerprint density at radius 3 is 2.00 bits per heavy atom. The molecule has 0 aromatic rings. The minimum Gasteiger partial charge on any atom is -0.394 e. The van der Waals surface area contributed by atoms with Gasteiger partial charge in [-0.25, -0.2) is 0 Å². The Balaban J connectivity index is 3.46. The van der Waals surface area contributed by atoms with E-state index in [2.05, 4.69) is 0 Å². The van der Waals surface area contributed by atoms with Crippen molar-refractivity contribution in [1.29, 1.82) is 0 Å². The first kappa shape index (κ1) is 9.84. The van der Waals surface area contributed by atoms with E-state index in [1.807, 2.05) is 0 Å². The van der Waals surface area contributed by atoms with Crippen molar-refractivity contribution in [3.05, 3.63) is 0 Å². The summed E-state index contributed by atoms with van der Waals surface area (Å²) in [5.41, 5.74) is 0. The maximum absolute atomic E-state index is 8.91. The van der Waals surface area contributed by atoms with Crippen LogP contribution in [0.5, 0.6) is 0 Å². The lowest BCUT2D eigenvalue weighted by molar-refractivity contribution is -0.0157. The van der Waals surface area contributed by atoms with E-state index < -0.39 is 18.3 Å². The zero-order valence-corrected chi connectivity index (χ0v) is 5.94. The Bertz CT molecular complexity index is 83.8. The standard InChI is InChI=1S/C6H14O4/c1-4(8)6(10)2-5(9)3-7/h4-10H,2-3H2,1H3/t4-,5+,6-/m1/s1. The van der Waals surface area contributed by atoms with Gasteiger partial charge >= 0.3 is 0 Å². The molecule has 4 nitrogen and oxygen atoms in total. The minimum absolute atomic E-state index is 0.00810. The van der Waals surface area contributed by atoms with E-state index in [9.17, 15) is 0 Å². The van der Waals surface area contributed by atoms with Gasteiger partial charge in [0.2, 0.25) is 0 Å². The van der Waals surface area contributed by atoms with Crippen molar-refractivity contribution in [3.63, 3.8) is 0 Å². The summed E-state index contributed by atoms with van der Waals surface area (Å²) >= 11 is 0. The fourth-order valence-electron chi connectivity index (χ4n) is 0.550. The molecule has 62 valence electrons. The van der Waals surface area contributed by atoms with Crippen LogP contribution in [0.15, 0.2) is 0 Å². The molecule has 0 unspecified atom stereocenters. The number of aliphatic hydroxyl groups is 4. The minimum atomic E-state index is -0.956. The first-order chi connectivity index (χ1) is 4.57. The van der Waals surface area contributed by atoms with Crippen LogP contribution in [0, 0.1) is 0 Å². The number of hydrogen-bond acceptors (Lipinski definition) is 4. The first-order valence-corrected chi connectivity index (χ1v) is 3.23. The monoisotopic (exact) mass is 150 g/mol. The molecule has 0 amide bonds. The lowest BCUT2D eigenvalue weighted by atomic mass is 10.1. The van der Waals surface area contributed by atoms with E-state index in [0.717, 1.165) is 0 Å². The van der Waals surface area contributed by atoms with Gasteiger partial charge in [-0.1, -0.05) is 0 Å². The predicted molar refractivity (Wildman–Crippen MR) is 35.4 cm³/mol. The SMILES string of the molecule is C[C@@H](O)[C@H](O)C[C@H](O)CO. The fourth-order valence-corrected chi connectivity index (χ4v) is 0.550. The van der Waals surface area contributed by atoms with Crippen LogP contribution >= 0.6 is 0 Å². The first-order valence-electron chi connectivity index (χ1n) is 3.23. The second-order valence-electron chi connectivity index (χ2n) is 2.38. The lowest BCUT2D eigenvalue weighted by Crippen LogP contribution is -2.29. The van der Waals surface area contributed by atoms with E-state index in [4.69, 9.17) is 20.4 Å². The molecule has 0 radical (unpaired) electrons. The van der Waals surface area contributed by atoms with E-state index >= 15 is 0 Å². The zero-order chi connectivity index (χ0) is 8.15. The van der Waals surface area contributed by atoms with Crippen molar-refractivity contribution in [3.8, 4) is 0 Å². The highest BCUT2D eigenvalue weighted by Gasteiger charge is 2.14. The van der Waals surface area contributed by atoms with Gasteiger partial charge in [-0.2, -0.15) is 0 Å². The van der Waals surface area contributed by atoms with Crippen LogP contribution in [0.2, 0.25) is 0 Å². The number of aliphatic hydroxyl groups excluding tert-OH is 4. The maximum Gasteiger partial charge on any atom is 0.0821 e. The number of hydrogen-bond donors (Lipinski definition) is 4. The Kier molecular flexibility index (Phi) is 4.55. The van der Waals surface area contributed by atoms with E-state index in [0.29, 0.717) is 0 Å². The van der Waals surface area contributed by atoms with E-state index in [1.54, 1.807) is 0 Å². The molecule has 0 aliphatic heterocycles. The van der Waals surface area contributed by atoms with Crippen molar-refractivity contribution in [2.24, 2.45) is 0 Å². The van der Waals surface area contributed by atoms with Gasteiger partial charge in [0.15, 0.2) is 0 Å². The molecule has 0 aliphatic rings. The Morgan fingerprint density at radius 2 is 1.70 bits per heavy atom. The van der Waals surface area contributed by atoms with Crippen molar-refractivity contribution in [2.75, 3.05) is 6.61 Å². The molecule has 0 spiro atoms. The third-order valence-corrected chi connectivity index (χ3v) is 1.28. The Labute approximate surface area is 59.7 Å². The van der Waals surface area contributed by atoms with Crippen molar-refractivity contribution < 1.29 is 20.4 Å². The van der Waals surface area contributed by atoms with E-state index in [1.165, 1.54) is 6.92 Å². The number of rotatable bonds is 4. The van der Waals surface area contributed by atoms with Gasteiger partial charge in [0.25, 0.3) is 0 Å². The summed E-state index contributed by atoms with van der Waals surface area (Å²) in [4.78, 5) is 0. The van der Waals surface area contributed by atoms with Crippen LogP contribution in [0.3, 0.4) is 0 Å². The van der Waals surface area contributed by atoms with Gasteiger partial charge in [0, 0.05) is 6.42 Å². The van der Waals surface area contributed by atoms with Crippen LogP contribution in [0.25, 0.3) is 0 Å². The highest BCUT2D eigenvalue weighted by atomic mass is 16.3. The van der Waals surface area contributed by atoms with Crippen LogP contribution < -0.4 is 0 Å². The zero-order valence-electron chi connectivity index (χ0n) is 5.94. The highest BCUT2D eigenvalue weighted by Crippen LogP contribution is 2.01. The molecule has 0 fully saturated rings. The summed E-state index contributed by atoms with van der Waals surface area (Å²) in [6.07, 6.45) is -2.75. The molecule has 0 aromatic carbocycles. The average Bonchev–Trinajstić information content (AvgIpc) is 1.87. The van der Waals surface area contributed by atoms with E-state index in [-0.39, 0.29) is 13.0 Å². The molecule has 0 heterocycles. The summed E-state index contributed by atoms with van der Waals surface area (Å²) < 4.78 is 0. The molecule has 0 aromatic heterocycles. The Hall–Kier alpha value is -0.160. The highest BCUT2D eigenvalue weighted by molar-refractivity contribution is 4.66. The molecule has 4 N–H and O–H groups in total.